The monoisotopic (exact) mass is 278 g/mol. The van der Waals surface area contributed by atoms with Crippen LogP contribution in [0, 0.1) is 6.92 Å². The Morgan fingerprint density at radius 3 is 2.45 bits per heavy atom. The summed E-state index contributed by atoms with van der Waals surface area (Å²) < 4.78 is 2.04. The number of hydrogen-bond acceptors (Lipinski definition) is 3. The third-order valence-electron chi connectivity index (χ3n) is 4.55. The Morgan fingerprint density at radius 2 is 1.90 bits per heavy atom. The van der Waals surface area contributed by atoms with E-state index in [1.165, 1.54) is 49.9 Å². The SMILES string of the molecule is Cc1nn(C)c(N(C)C2CCCCCC2)c1CC(C)N. The van der Waals surface area contributed by atoms with Gasteiger partial charge in [0.05, 0.1) is 5.69 Å². The van der Waals surface area contributed by atoms with E-state index in [2.05, 4.69) is 37.9 Å². The Bertz CT molecular complexity index is 428. The molecule has 1 fully saturated rings. The normalized spacial score (nSPS) is 18.9. The van der Waals surface area contributed by atoms with Gasteiger partial charge in [0.1, 0.15) is 5.82 Å². The van der Waals surface area contributed by atoms with Crippen molar-refractivity contribution in [1.82, 2.24) is 9.78 Å². The van der Waals surface area contributed by atoms with E-state index in [-0.39, 0.29) is 6.04 Å². The quantitative estimate of drug-likeness (QED) is 0.862. The highest BCUT2D eigenvalue weighted by atomic mass is 15.4. The van der Waals surface area contributed by atoms with Gasteiger partial charge in [-0.1, -0.05) is 25.7 Å². The third kappa shape index (κ3) is 3.35. The molecule has 1 aliphatic carbocycles. The maximum Gasteiger partial charge on any atom is 0.130 e. The second-order valence-corrected chi connectivity index (χ2v) is 6.45. The maximum atomic E-state index is 6.02. The van der Waals surface area contributed by atoms with Gasteiger partial charge < -0.3 is 10.6 Å². The molecule has 0 amide bonds. The molecule has 0 spiro atoms. The fourth-order valence-electron chi connectivity index (χ4n) is 3.51. The Kier molecular flexibility index (Phi) is 5.08. The van der Waals surface area contributed by atoms with Gasteiger partial charge in [-0.25, -0.2) is 0 Å². The molecule has 1 unspecified atom stereocenters. The topological polar surface area (TPSA) is 47.1 Å². The minimum absolute atomic E-state index is 0.180. The van der Waals surface area contributed by atoms with Gasteiger partial charge in [0.2, 0.25) is 0 Å². The number of aromatic nitrogens is 2. The minimum Gasteiger partial charge on any atom is -0.357 e. The summed E-state index contributed by atoms with van der Waals surface area (Å²) in [6, 6.07) is 0.832. The molecule has 1 heterocycles. The third-order valence-corrected chi connectivity index (χ3v) is 4.55. The number of nitrogens with zero attached hydrogens (tertiary/aromatic N) is 3. The van der Waals surface area contributed by atoms with E-state index >= 15 is 0 Å². The van der Waals surface area contributed by atoms with Crippen molar-refractivity contribution < 1.29 is 0 Å². The van der Waals surface area contributed by atoms with Crippen molar-refractivity contribution in [3.8, 4) is 0 Å². The van der Waals surface area contributed by atoms with Crippen LogP contribution in [-0.4, -0.2) is 28.9 Å². The molecule has 0 aliphatic heterocycles. The van der Waals surface area contributed by atoms with Crippen LogP contribution in [-0.2, 0) is 13.5 Å². The summed E-state index contributed by atoms with van der Waals surface area (Å²) in [5, 5.41) is 4.62. The van der Waals surface area contributed by atoms with Crippen LogP contribution in [0.4, 0.5) is 5.82 Å². The maximum absolute atomic E-state index is 6.02. The molecule has 1 saturated carbocycles. The predicted molar refractivity (Wildman–Crippen MR) is 85.2 cm³/mol. The van der Waals surface area contributed by atoms with Crippen LogP contribution in [0.5, 0.6) is 0 Å². The fraction of sp³-hybridized carbons (Fsp3) is 0.812. The molecule has 0 aromatic carbocycles. The van der Waals surface area contributed by atoms with Gasteiger partial charge in [-0.05, 0) is 33.1 Å². The first-order valence-electron chi connectivity index (χ1n) is 8.01. The van der Waals surface area contributed by atoms with Crippen LogP contribution < -0.4 is 10.6 Å². The van der Waals surface area contributed by atoms with E-state index in [0.29, 0.717) is 6.04 Å². The number of anilines is 1. The van der Waals surface area contributed by atoms with E-state index in [0.717, 1.165) is 12.1 Å². The molecule has 2 N–H and O–H groups in total. The van der Waals surface area contributed by atoms with Crippen molar-refractivity contribution in [1.29, 1.82) is 0 Å². The fourth-order valence-corrected chi connectivity index (χ4v) is 3.51. The lowest BCUT2D eigenvalue weighted by atomic mass is 10.0. The molecule has 4 heteroatoms. The Balaban J connectivity index is 2.25. The minimum atomic E-state index is 0.180. The molecular weight excluding hydrogens is 248 g/mol. The van der Waals surface area contributed by atoms with Crippen LogP contribution >= 0.6 is 0 Å². The molecule has 2 rings (SSSR count). The predicted octanol–water partition coefficient (Wildman–Crippen LogP) is 2.78. The summed E-state index contributed by atoms with van der Waals surface area (Å²) in [6.07, 6.45) is 9.01. The average molecular weight is 278 g/mol. The standard InChI is InChI=1S/C16H30N4/c1-12(17)11-15-13(2)18-20(4)16(15)19(3)14-9-7-5-6-8-10-14/h12,14H,5-11,17H2,1-4H3. The van der Waals surface area contributed by atoms with E-state index < -0.39 is 0 Å². The smallest absolute Gasteiger partial charge is 0.130 e. The highest BCUT2D eigenvalue weighted by molar-refractivity contribution is 5.50. The summed E-state index contributed by atoms with van der Waals surface area (Å²) in [7, 11) is 4.29. The highest BCUT2D eigenvalue weighted by Crippen LogP contribution is 2.29. The number of rotatable bonds is 4. The second-order valence-electron chi connectivity index (χ2n) is 6.45. The summed E-state index contributed by atoms with van der Waals surface area (Å²) in [6.45, 7) is 4.17. The molecule has 0 radical (unpaired) electrons. The Hall–Kier alpha value is -1.03. The lowest BCUT2D eigenvalue weighted by Gasteiger charge is -2.30. The lowest BCUT2D eigenvalue weighted by molar-refractivity contribution is 0.537. The summed E-state index contributed by atoms with van der Waals surface area (Å²) in [4.78, 5) is 2.46. The van der Waals surface area contributed by atoms with Gasteiger partial charge >= 0.3 is 0 Å². The van der Waals surface area contributed by atoms with Gasteiger partial charge in [0.25, 0.3) is 0 Å². The van der Waals surface area contributed by atoms with Crippen LogP contribution in [0.15, 0.2) is 0 Å². The first kappa shape index (κ1) is 15.4. The first-order valence-corrected chi connectivity index (χ1v) is 8.01. The number of hydrogen-bond donors (Lipinski definition) is 1. The Morgan fingerprint density at radius 1 is 1.30 bits per heavy atom. The molecule has 0 saturated heterocycles. The van der Waals surface area contributed by atoms with Crippen molar-refractivity contribution in [3.63, 3.8) is 0 Å². The van der Waals surface area contributed by atoms with Crippen LogP contribution in [0.25, 0.3) is 0 Å². The van der Waals surface area contributed by atoms with Crippen LogP contribution in [0.3, 0.4) is 0 Å². The molecule has 1 aliphatic rings. The van der Waals surface area contributed by atoms with Gasteiger partial charge in [0.15, 0.2) is 0 Å². The molecule has 114 valence electrons. The van der Waals surface area contributed by atoms with Crippen molar-refractivity contribution in [2.24, 2.45) is 12.8 Å². The second kappa shape index (κ2) is 6.61. The van der Waals surface area contributed by atoms with Crippen molar-refractivity contribution >= 4 is 5.82 Å². The molecule has 0 bridgehead atoms. The summed E-state index contributed by atoms with van der Waals surface area (Å²) in [5.41, 5.74) is 8.47. The van der Waals surface area contributed by atoms with Crippen molar-refractivity contribution in [2.75, 3.05) is 11.9 Å². The van der Waals surface area contributed by atoms with Gasteiger partial charge in [0, 0.05) is 31.7 Å². The first-order chi connectivity index (χ1) is 9.50. The van der Waals surface area contributed by atoms with E-state index in [4.69, 9.17) is 5.73 Å². The lowest BCUT2D eigenvalue weighted by Crippen LogP contribution is -2.33. The zero-order valence-electron chi connectivity index (χ0n) is 13.5. The zero-order valence-corrected chi connectivity index (χ0v) is 13.5. The summed E-state index contributed by atoms with van der Waals surface area (Å²) in [5.74, 6) is 1.27. The zero-order chi connectivity index (χ0) is 14.7. The van der Waals surface area contributed by atoms with E-state index in [1.807, 2.05) is 4.68 Å². The van der Waals surface area contributed by atoms with E-state index in [1.54, 1.807) is 0 Å². The molecular formula is C16H30N4. The van der Waals surface area contributed by atoms with Gasteiger partial charge in [-0.2, -0.15) is 5.10 Å². The van der Waals surface area contributed by atoms with E-state index in [9.17, 15) is 0 Å². The summed E-state index contributed by atoms with van der Waals surface area (Å²) >= 11 is 0. The number of aryl methyl sites for hydroxylation is 2. The molecule has 1 aromatic heterocycles. The van der Waals surface area contributed by atoms with Crippen molar-refractivity contribution in [3.05, 3.63) is 11.3 Å². The van der Waals surface area contributed by atoms with Crippen LogP contribution in [0.2, 0.25) is 0 Å². The Labute approximate surface area is 123 Å². The van der Waals surface area contributed by atoms with Gasteiger partial charge in [-0.3, -0.25) is 4.68 Å². The number of nitrogens with two attached hydrogens (primary N) is 1. The van der Waals surface area contributed by atoms with Crippen LogP contribution in [0.1, 0.15) is 56.7 Å². The molecule has 1 atom stereocenters. The van der Waals surface area contributed by atoms with Gasteiger partial charge in [-0.15, -0.1) is 0 Å². The highest BCUT2D eigenvalue weighted by Gasteiger charge is 2.24. The van der Waals surface area contributed by atoms with Crippen molar-refractivity contribution in [2.45, 2.75) is 70.9 Å². The molecule has 1 aromatic rings. The average Bonchev–Trinajstić information content (AvgIpc) is 2.61. The molecule has 20 heavy (non-hydrogen) atoms. The molecule has 4 nitrogen and oxygen atoms in total. The largest absolute Gasteiger partial charge is 0.357 e.